The minimum atomic E-state index is -0.664. The highest BCUT2D eigenvalue weighted by atomic mass is 79.9. The van der Waals surface area contributed by atoms with Gasteiger partial charge in [0.15, 0.2) is 0 Å². The first-order chi connectivity index (χ1) is 11.3. The number of amides is 1. The second kappa shape index (κ2) is 6.36. The highest BCUT2D eigenvalue weighted by molar-refractivity contribution is 9.10. The molecular formula is C15H15BrN2O5S. The third-order valence-electron chi connectivity index (χ3n) is 4.11. The SMILES string of the molecule is CC1(Br)CSC2CC(=O)N2C1C(=O)OCc1ccc([N+](=O)[O-])cc1. The van der Waals surface area contributed by atoms with E-state index in [1.165, 1.54) is 12.1 Å². The summed E-state index contributed by atoms with van der Waals surface area (Å²) < 4.78 is 4.82. The summed E-state index contributed by atoms with van der Waals surface area (Å²) in [4.78, 5) is 36.1. The first-order valence-electron chi connectivity index (χ1n) is 7.31. The smallest absolute Gasteiger partial charge is 0.330 e. The molecular weight excluding hydrogens is 400 g/mol. The van der Waals surface area contributed by atoms with Gasteiger partial charge < -0.3 is 9.64 Å². The molecule has 0 spiro atoms. The molecule has 0 saturated carbocycles. The Morgan fingerprint density at radius 2 is 2.17 bits per heavy atom. The van der Waals surface area contributed by atoms with Crippen LogP contribution in [0.3, 0.4) is 0 Å². The molecule has 1 aromatic rings. The first kappa shape index (κ1) is 17.2. The number of halogens is 1. The maximum atomic E-state index is 12.5. The van der Waals surface area contributed by atoms with E-state index in [1.54, 1.807) is 28.8 Å². The van der Waals surface area contributed by atoms with E-state index in [4.69, 9.17) is 4.74 Å². The van der Waals surface area contributed by atoms with E-state index >= 15 is 0 Å². The van der Waals surface area contributed by atoms with Gasteiger partial charge in [0.05, 0.1) is 21.0 Å². The van der Waals surface area contributed by atoms with Crippen molar-refractivity contribution in [2.24, 2.45) is 0 Å². The van der Waals surface area contributed by atoms with Crippen molar-refractivity contribution in [2.45, 2.75) is 35.7 Å². The van der Waals surface area contributed by atoms with Gasteiger partial charge in [-0.1, -0.05) is 15.9 Å². The Labute approximate surface area is 151 Å². The van der Waals surface area contributed by atoms with Crippen LogP contribution in [0.15, 0.2) is 24.3 Å². The summed E-state index contributed by atoms with van der Waals surface area (Å²) in [5.41, 5.74) is 0.637. The van der Waals surface area contributed by atoms with Gasteiger partial charge in [-0.05, 0) is 24.6 Å². The maximum Gasteiger partial charge on any atom is 0.330 e. The standard InChI is InChI=1S/C15H15BrN2O5S/c1-15(16)8-24-12-6-11(19)17(12)13(15)14(20)23-7-9-2-4-10(5-3-9)18(21)22/h2-5,12-13H,6-8H2,1H3. The molecule has 128 valence electrons. The van der Waals surface area contributed by atoms with E-state index in [1.807, 2.05) is 6.92 Å². The monoisotopic (exact) mass is 414 g/mol. The molecule has 2 heterocycles. The van der Waals surface area contributed by atoms with Crippen LogP contribution in [0.1, 0.15) is 18.9 Å². The van der Waals surface area contributed by atoms with Crippen LogP contribution in [0, 0.1) is 10.1 Å². The summed E-state index contributed by atoms with van der Waals surface area (Å²) in [5, 5.41) is 10.7. The van der Waals surface area contributed by atoms with Crippen molar-refractivity contribution in [3.05, 3.63) is 39.9 Å². The average molecular weight is 415 g/mol. The lowest BCUT2D eigenvalue weighted by Gasteiger charge is -2.52. The molecule has 0 N–H and O–H groups in total. The molecule has 0 aromatic heterocycles. The number of alkyl halides is 1. The molecule has 24 heavy (non-hydrogen) atoms. The average Bonchev–Trinajstić information content (AvgIpc) is 2.53. The van der Waals surface area contributed by atoms with Gasteiger partial charge >= 0.3 is 5.97 Å². The summed E-state index contributed by atoms with van der Waals surface area (Å²) in [7, 11) is 0. The van der Waals surface area contributed by atoms with E-state index in [9.17, 15) is 19.7 Å². The highest BCUT2D eigenvalue weighted by Gasteiger charge is 2.55. The normalized spacial score (nSPS) is 28.8. The number of nitro benzene ring substituents is 1. The summed E-state index contributed by atoms with van der Waals surface area (Å²) >= 11 is 5.20. The lowest BCUT2D eigenvalue weighted by molar-refractivity contribution is -0.384. The molecule has 3 atom stereocenters. The third kappa shape index (κ3) is 3.14. The van der Waals surface area contributed by atoms with Crippen LogP contribution in [0.5, 0.6) is 0 Å². The molecule has 1 aromatic carbocycles. The Bertz CT molecular complexity index is 694. The number of hydrogen-bond donors (Lipinski definition) is 0. The van der Waals surface area contributed by atoms with Crippen LogP contribution in [0.25, 0.3) is 0 Å². The number of ether oxygens (including phenoxy) is 1. The molecule has 7 nitrogen and oxygen atoms in total. The highest BCUT2D eigenvalue weighted by Crippen LogP contribution is 2.45. The van der Waals surface area contributed by atoms with Gasteiger partial charge in [-0.15, -0.1) is 11.8 Å². The largest absolute Gasteiger partial charge is 0.459 e. The number of fused-ring (bicyclic) bond motifs is 1. The molecule has 2 aliphatic rings. The molecule has 1 amide bonds. The number of thioether (sulfide) groups is 1. The number of non-ortho nitro benzene ring substituents is 1. The second-order valence-electron chi connectivity index (χ2n) is 5.98. The lowest BCUT2D eigenvalue weighted by Crippen LogP contribution is -2.68. The number of nitro groups is 1. The zero-order valence-corrected chi connectivity index (χ0v) is 15.2. The fourth-order valence-corrected chi connectivity index (χ4v) is 4.93. The lowest BCUT2D eigenvalue weighted by atomic mass is 9.97. The minimum absolute atomic E-state index is 0.0102. The van der Waals surface area contributed by atoms with Gasteiger partial charge in [-0.2, -0.15) is 0 Å². The predicted molar refractivity (Wildman–Crippen MR) is 91.7 cm³/mol. The number of nitrogens with zero attached hydrogens (tertiary/aromatic N) is 2. The van der Waals surface area contributed by atoms with E-state index in [0.717, 1.165) is 0 Å². The van der Waals surface area contributed by atoms with Gasteiger partial charge in [-0.25, -0.2) is 4.79 Å². The quantitative estimate of drug-likeness (QED) is 0.247. The van der Waals surface area contributed by atoms with Crippen molar-refractivity contribution in [3.8, 4) is 0 Å². The van der Waals surface area contributed by atoms with Crippen LogP contribution in [-0.2, 0) is 20.9 Å². The molecule has 2 aliphatic heterocycles. The van der Waals surface area contributed by atoms with Crippen molar-refractivity contribution in [2.75, 3.05) is 5.75 Å². The van der Waals surface area contributed by atoms with Gasteiger partial charge in [0, 0.05) is 17.9 Å². The summed E-state index contributed by atoms with van der Waals surface area (Å²) in [6.07, 6.45) is 0.458. The van der Waals surface area contributed by atoms with Crippen molar-refractivity contribution >= 4 is 45.3 Å². The Hall–Kier alpha value is -1.61. The number of esters is 1. The molecule has 9 heteroatoms. The molecule has 3 rings (SSSR count). The maximum absolute atomic E-state index is 12.5. The number of rotatable bonds is 4. The van der Waals surface area contributed by atoms with Crippen molar-refractivity contribution in [1.82, 2.24) is 4.90 Å². The zero-order valence-electron chi connectivity index (χ0n) is 12.8. The van der Waals surface area contributed by atoms with Crippen LogP contribution < -0.4 is 0 Å². The van der Waals surface area contributed by atoms with Gasteiger partial charge in [-0.3, -0.25) is 14.9 Å². The minimum Gasteiger partial charge on any atom is -0.459 e. The number of hydrogen-bond acceptors (Lipinski definition) is 6. The van der Waals surface area contributed by atoms with Crippen LogP contribution in [-0.4, -0.2) is 43.2 Å². The Morgan fingerprint density at radius 3 is 2.75 bits per heavy atom. The molecule has 2 fully saturated rings. The number of carbonyl (C=O) groups is 2. The number of β-lactam (4-membered cyclic amide) rings is 1. The molecule has 3 unspecified atom stereocenters. The molecule has 0 bridgehead atoms. The van der Waals surface area contributed by atoms with Gasteiger partial charge in [0.25, 0.3) is 5.69 Å². The second-order valence-corrected chi connectivity index (χ2v) is 8.96. The van der Waals surface area contributed by atoms with Crippen molar-refractivity contribution in [3.63, 3.8) is 0 Å². The zero-order chi connectivity index (χ0) is 17.5. The molecule has 2 saturated heterocycles. The van der Waals surface area contributed by atoms with Gasteiger partial charge in [0.2, 0.25) is 5.91 Å². The molecule has 0 radical (unpaired) electrons. The Balaban J connectivity index is 1.67. The summed E-state index contributed by atoms with van der Waals surface area (Å²) in [6.45, 7) is 1.88. The van der Waals surface area contributed by atoms with E-state index < -0.39 is 21.3 Å². The summed E-state index contributed by atoms with van der Waals surface area (Å²) in [5.74, 6) is 0.194. The van der Waals surface area contributed by atoms with Crippen molar-refractivity contribution < 1.29 is 19.2 Å². The number of carbonyl (C=O) groups excluding carboxylic acids is 2. The van der Waals surface area contributed by atoms with Gasteiger partial charge in [0.1, 0.15) is 12.6 Å². The fraction of sp³-hybridized carbons (Fsp3) is 0.467. The van der Waals surface area contributed by atoms with E-state index in [-0.39, 0.29) is 23.6 Å². The Morgan fingerprint density at radius 1 is 1.50 bits per heavy atom. The van der Waals surface area contributed by atoms with Crippen LogP contribution in [0.4, 0.5) is 5.69 Å². The van der Waals surface area contributed by atoms with E-state index in [0.29, 0.717) is 17.7 Å². The predicted octanol–water partition coefficient (Wildman–Crippen LogP) is 2.47. The van der Waals surface area contributed by atoms with Crippen molar-refractivity contribution in [1.29, 1.82) is 0 Å². The topological polar surface area (TPSA) is 89.8 Å². The molecule has 0 aliphatic carbocycles. The first-order valence-corrected chi connectivity index (χ1v) is 9.15. The Kier molecular flexibility index (Phi) is 4.56. The number of benzene rings is 1. The third-order valence-corrected chi connectivity index (χ3v) is 6.74. The van der Waals surface area contributed by atoms with E-state index in [2.05, 4.69) is 15.9 Å². The van der Waals surface area contributed by atoms with Crippen LogP contribution in [0.2, 0.25) is 0 Å². The summed E-state index contributed by atoms with van der Waals surface area (Å²) in [6, 6.07) is 5.16. The fourth-order valence-electron chi connectivity index (χ4n) is 2.79. The van der Waals surface area contributed by atoms with Crippen LogP contribution >= 0.6 is 27.7 Å².